The third-order valence-corrected chi connectivity index (χ3v) is 3.77. The van der Waals surface area contributed by atoms with Gasteiger partial charge in [0.15, 0.2) is 0 Å². The van der Waals surface area contributed by atoms with E-state index in [4.69, 9.17) is 9.47 Å². The minimum atomic E-state index is -0.450. The van der Waals surface area contributed by atoms with Crippen LogP contribution in [0, 0.1) is 13.8 Å². The summed E-state index contributed by atoms with van der Waals surface area (Å²) in [6, 6.07) is 10.9. The highest BCUT2D eigenvalue weighted by Gasteiger charge is 2.12. The number of hydrogen-bond acceptors (Lipinski definition) is 4. The van der Waals surface area contributed by atoms with Crippen LogP contribution in [0.2, 0.25) is 0 Å². The van der Waals surface area contributed by atoms with E-state index in [0.29, 0.717) is 22.6 Å². The SMILES string of the molecule is C=C(C)C(=O)Oc1ccc(-c2c(C)cc(OC(=O)C(=C)C)cc2C)cc1. The lowest BCUT2D eigenvalue weighted by atomic mass is 9.95. The molecule has 0 heterocycles. The maximum Gasteiger partial charge on any atom is 0.338 e. The average molecular weight is 350 g/mol. The Balaban J connectivity index is 2.28. The summed E-state index contributed by atoms with van der Waals surface area (Å²) in [6.07, 6.45) is 0. The van der Waals surface area contributed by atoms with Gasteiger partial charge in [-0.3, -0.25) is 0 Å². The highest BCUT2D eigenvalue weighted by Crippen LogP contribution is 2.32. The average Bonchev–Trinajstić information content (AvgIpc) is 2.55. The molecule has 0 bridgehead atoms. The van der Waals surface area contributed by atoms with E-state index in [1.54, 1.807) is 26.0 Å². The van der Waals surface area contributed by atoms with Gasteiger partial charge in [0.05, 0.1) is 0 Å². The molecule has 4 nitrogen and oxygen atoms in total. The van der Waals surface area contributed by atoms with Crippen molar-refractivity contribution in [1.29, 1.82) is 0 Å². The smallest absolute Gasteiger partial charge is 0.338 e. The molecule has 0 aliphatic heterocycles. The summed E-state index contributed by atoms with van der Waals surface area (Å²) in [7, 11) is 0. The summed E-state index contributed by atoms with van der Waals surface area (Å²) in [5.74, 6) is 0.0573. The van der Waals surface area contributed by atoms with Gasteiger partial charge in [-0.2, -0.15) is 0 Å². The molecule has 2 rings (SSSR count). The van der Waals surface area contributed by atoms with Crippen molar-refractivity contribution in [2.75, 3.05) is 0 Å². The van der Waals surface area contributed by atoms with Crippen molar-refractivity contribution in [2.45, 2.75) is 27.7 Å². The van der Waals surface area contributed by atoms with Crippen molar-refractivity contribution in [3.8, 4) is 22.6 Å². The number of carbonyl (C=O) groups is 2. The van der Waals surface area contributed by atoms with Crippen LogP contribution < -0.4 is 9.47 Å². The number of esters is 2. The van der Waals surface area contributed by atoms with E-state index in [-0.39, 0.29) is 0 Å². The van der Waals surface area contributed by atoms with Crippen LogP contribution in [-0.4, -0.2) is 11.9 Å². The molecule has 0 N–H and O–H groups in total. The van der Waals surface area contributed by atoms with Crippen molar-refractivity contribution in [3.63, 3.8) is 0 Å². The molecule has 0 aromatic heterocycles. The van der Waals surface area contributed by atoms with Gasteiger partial charge in [0, 0.05) is 11.1 Å². The summed E-state index contributed by atoms with van der Waals surface area (Å²) in [4.78, 5) is 23.3. The van der Waals surface area contributed by atoms with Crippen molar-refractivity contribution in [3.05, 3.63) is 71.8 Å². The van der Waals surface area contributed by atoms with Crippen molar-refractivity contribution < 1.29 is 19.1 Å². The molecule has 4 heteroatoms. The second-order valence-electron chi connectivity index (χ2n) is 6.30. The van der Waals surface area contributed by atoms with Gasteiger partial charge in [-0.05, 0) is 74.2 Å². The molecule has 0 saturated carbocycles. The second-order valence-corrected chi connectivity index (χ2v) is 6.30. The van der Waals surface area contributed by atoms with Crippen LogP contribution in [-0.2, 0) is 9.59 Å². The maximum absolute atomic E-state index is 11.7. The fourth-order valence-electron chi connectivity index (χ4n) is 2.52. The summed E-state index contributed by atoms with van der Waals surface area (Å²) in [5, 5.41) is 0. The highest BCUT2D eigenvalue weighted by molar-refractivity contribution is 5.89. The van der Waals surface area contributed by atoms with Gasteiger partial charge in [0.2, 0.25) is 0 Å². The Hall–Kier alpha value is -3.14. The number of hydrogen-bond donors (Lipinski definition) is 0. The Bertz CT molecular complexity index is 866. The molecule has 0 unspecified atom stereocenters. The van der Waals surface area contributed by atoms with Crippen LogP contribution >= 0.6 is 0 Å². The molecule has 0 saturated heterocycles. The molecule has 0 aliphatic carbocycles. The zero-order valence-electron chi connectivity index (χ0n) is 15.5. The number of rotatable bonds is 5. The first-order valence-electron chi connectivity index (χ1n) is 8.16. The van der Waals surface area contributed by atoms with Gasteiger partial charge in [-0.1, -0.05) is 25.3 Å². The third-order valence-electron chi connectivity index (χ3n) is 3.77. The number of carbonyl (C=O) groups excluding carboxylic acids is 2. The first kappa shape index (κ1) is 19.2. The van der Waals surface area contributed by atoms with Gasteiger partial charge >= 0.3 is 11.9 Å². The molecule has 134 valence electrons. The molecule has 26 heavy (non-hydrogen) atoms. The fourth-order valence-corrected chi connectivity index (χ4v) is 2.52. The molecule has 0 amide bonds. The van der Waals surface area contributed by atoms with Crippen LogP contribution in [0.5, 0.6) is 11.5 Å². The Morgan fingerprint density at radius 2 is 1.19 bits per heavy atom. The van der Waals surface area contributed by atoms with Gasteiger partial charge < -0.3 is 9.47 Å². The molecule has 2 aromatic carbocycles. The van der Waals surface area contributed by atoms with Gasteiger partial charge in [-0.25, -0.2) is 9.59 Å². The predicted molar refractivity (Wildman–Crippen MR) is 102 cm³/mol. The Morgan fingerprint density at radius 3 is 1.62 bits per heavy atom. The molecule has 0 aliphatic rings. The highest BCUT2D eigenvalue weighted by atomic mass is 16.5. The minimum absolute atomic E-state index is 0.348. The monoisotopic (exact) mass is 350 g/mol. The Kier molecular flexibility index (Phi) is 5.78. The number of benzene rings is 2. The normalized spacial score (nSPS) is 10.2. The summed E-state index contributed by atoms with van der Waals surface area (Å²) >= 11 is 0. The van der Waals surface area contributed by atoms with Crippen LogP contribution in [0.3, 0.4) is 0 Å². The quantitative estimate of drug-likeness (QED) is 0.436. The van der Waals surface area contributed by atoms with E-state index in [1.165, 1.54) is 0 Å². The van der Waals surface area contributed by atoms with E-state index >= 15 is 0 Å². The second kappa shape index (κ2) is 7.83. The summed E-state index contributed by atoms with van der Waals surface area (Å²) in [5.41, 5.74) is 4.66. The maximum atomic E-state index is 11.7. The Morgan fingerprint density at radius 1 is 0.769 bits per heavy atom. The minimum Gasteiger partial charge on any atom is -0.423 e. The molecular formula is C22H22O4. The van der Waals surface area contributed by atoms with Crippen LogP contribution in [0.4, 0.5) is 0 Å². The van der Waals surface area contributed by atoms with Crippen molar-refractivity contribution in [2.24, 2.45) is 0 Å². The summed E-state index contributed by atoms with van der Waals surface area (Å²) < 4.78 is 10.5. The lowest BCUT2D eigenvalue weighted by Crippen LogP contribution is -2.08. The van der Waals surface area contributed by atoms with Crippen LogP contribution in [0.15, 0.2) is 60.7 Å². The number of ether oxygens (including phenoxy) is 2. The van der Waals surface area contributed by atoms with Crippen LogP contribution in [0.1, 0.15) is 25.0 Å². The molecular weight excluding hydrogens is 328 g/mol. The standard InChI is InChI=1S/C22H22O4/c1-13(2)21(23)25-18-9-7-17(8-10-18)20-15(5)11-19(12-16(20)6)26-22(24)14(3)4/h7-12H,1,3H2,2,4-6H3. The van der Waals surface area contributed by atoms with E-state index in [9.17, 15) is 9.59 Å². The topological polar surface area (TPSA) is 52.6 Å². The van der Waals surface area contributed by atoms with E-state index in [0.717, 1.165) is 22.3 Å². The largest absolute Gasteiger partial charge is 0.423 e. The lowest BCUT2D eigenvalue weighted by molar-refractivity contribution is -0.130. The number of aryl methyl sites for hydroxylation is 2. The first-order valence-corrected chi connectivity index (χ1v) is 8.16. The van der Waals surface area contributed by atoms with Gasteiger partial charge in [0.25, 0.3) is 0 Å². The first-order chi connectivity index (χ1) is 12.2. The lowest BCUT2D eigenvalue weighted by Gasteiger charge is -2.14. The molecule has 0 fully saturated rings. The zero-order valence-corrected chi connectivity index (χ0v) is 15.5. The molecule has 0 spiro atoms. The Labute approximate surface area is 153 Å². The van der Waals surface area contributed by atoms with Crippen molar-refractivity contribution >= 4 is 11.9 Å². The molecule has 2 aromatic rings. The van der Waals surface area contributed by atoms with Crippen molar-refractivity contribution in [1.82, 2.24) is 0 Å². The molecule has 0 radical (unpaired) electrons. The summed E-state index contributed by atoms with van der Waals surface area (Å²) in [6.45, 7) is 14.3. The van der Waals surface area contributed by atoms with E-state index < -0.39 is 11.9 Å². The van der Waals surface area contributed by atoms with Crippen LogP contribution in [0.25, 0.3) is 11.1 Å². The predicted octanol–water partition coefficient (Wildman–Crippen LogP) is 4.93. The van der Waals surface area contributed by atoms with Gasteiger partial charge in [-0.15, -0.1) is 0 Å². The van der Waals surface area contributed by atoms with E-state index in [2.05, 4.69) is 13.2 Å². The molecule has 0 atom stereocenters. The van der Waals surface area contributed by atoms with Gasteiger partial charge in [0.1, 0.15) is 11.5 Å². The third kappa shape index (κ3) is 4.48. The van der Waals surface area contributed by atoms with E-state index in [1.807, 2.05) is 38.1 Å². The fraction of sp³-hybridized carbons (Fsp3) is 0.182. The zero-order chi connectivity index (χ0) is 19.4.